The molecule has 0 saturated heterocycles. The lowest BCUT2D eigenvalue weighted by Gasteiger charge is -2.11. The van der Waals surface area contributed by atoms with E-state index in [-0.39, 0.29) is 0 Å². The zero-order valence-corrected chi connectivity index (χ0v) is 10.2. The highest BCUT2D eigenvalue weighted by Gasteiger charge is 2.09. The molecule has 0 bridgehead atoms. The van der Waals surface area contributed by atoms with Crippen molar-refractivity contribution in [1.82, 2.24) is 0 Å². The van der Waals surface area contributed by atoms with E-state index >= 15 is 0 Å². The van der Waals surface area contributed by atoms with E-state index < -0.39 is 0 Å². The second-order valence-corrected chi connectivity index (χ2v) is 3.90. The summed E-state index contributed by atoms with van der Waals surface area (Å²) < 4.78 is 11.7. The molecule has 3 heteroatoms. The molecule has 0 fully saturated rings. The molecule has 0 unspecified atom stereocenters. The molecule has 1 aromatic carbocycles. The second-order valence-electron chi connectivity index (χ2n) is 2.65. The summed E-state index contributed by atoms with van der Waals surface area (Å²) in [4.78, 5) is 0. The first-order valence-electron chi connectivity index (χ1n) is 4.13. The molecule has 0 N–H and O–H groups in total. The maximum Gasteiger partial charge on any atom is 0.163 e. The van der Waals surface area contributed by atoms with Gasteiger partial charge in [0, 0.05) is 3.57 Å². The van der Waals surface area contributed by atoms with Crippen molar-refractivity contribution in [1.29, 1.82) is 0 Å². The van der Waals surface area contributed by atoms with Crippen LogP contribution >= 0.6 is 22.6 Å². The van der Waals surface area contributed by atoms with Crippen LogP contribution in [0.25, 0.3) is 0 Å². The largest absolute Gasteiger partial charge is 0.493 e. The fraction of sp³-hybridized carbons (Fsp3) is 0.400. The molecular formula is C10H13IO2. The molecule has 0 aromatic heterocycles. The van der Waals surface area contributed by atoms with Gasteiger partial charge < -0.3 is 9.47 Å². The summed E-state index contributed by atoms with van der Waals surface area (Å²) in [6, 6.07) is 4.08. The van der Waals surface area contributed by atoms with E-state index in [9.17, 15) is 0 Å². The number of rotatable bonds is 3. The fourth-order valence-corrected chi connectivity index (χ4v) is 1.93. The van der Waals surface area contributed by atoms with Crippen LogP contribution in [0.2, 0.25) is 0 Å². The Kier molecular flexibility index (Phi) is 3.84. The molecule has 0 atom stereocenters. The topological polar surface area (TPSA) is 18.5 Å². The van der Waals surface area contributed by atoms with Gasteiger partial charge in [0.1, 0.15) is 0 Å². The Morgan fingerprint density at radius 2 is 1.92 bits per heavy atom. The molecule has 0 aliphatic carbocycles. The maximum absolute atomic E-state index is 5.28. The highest BCUT2D eigenvalue weighted by molar-refractivity contribution is 14.1. The highest BCUT2D eigenvalue weighted by atomic mass is 127. The molecule has 1 aromatic rings. The van der Waals surface area contributed by atoms with Crippen molar-refractivity contribution in [2.75, 3.05) is 14.2 Å². The molecule has 0 spiro atoms. The first-order chi connectivity index (χ1) is 6.22. The molecule has 1 rings (SSSR count). The zero-order valence-electron chi connectivity index (χ0n) is 8.06. The van der Waals surface area contributed by atoms with Crippen LogP contribution in [0.3, 0.4) is 0 Å². The Bertz CT molecular complexity index is 272. The van der Waals surface area contributed by atoms with Crippen LogP contribution in [-0.4, -0.2) is 14.2 Å². The second kappa shape index (κ2) is 4.69. The van der Waals surface area contributed by atoms with Crippen LogP contribution in [0.5, 0.6) is 11.5 Å². The number of hydrogen-bond acceptors (Lipinski definition) is 2. The van der Waals surface area contributed by atoms with Crippen molar-refractivity contribution in [2.24, 2.45) is 0 Å². The van der Waals surface area contributed by atoms with Crippen LogP contribution in [0.15, 0.2) is 12.1 Å². The minimum atomic E-state index is 0.811. The van der Waals surface area contributed by atoms with Crippen molar-refractivity contribution >= 4 is 22.6 Å². The minimum absolute atomic E-state index is 0.811. The maximum atomic E-state index is 5.28. The Labute approximate surface area is 92.4 Å². The molecule has 13 heavy (non-hydrogen) atoms. The van der Waals surface area contributed by atoms with E-state index in [0.29, 0.717) is 0 Å². The third-order valence-electron chi connectivity index (χ3n) is 1.90. The smallest absolute Gasteiger partial charge is 0.163 e. The molecule has 0 aliphatic heterocycles. The van der Waals surface area contributed by atoms with Gasteiger partial charge in [-0.15, -0.1) is 0 Å². The number of halogens is 1. The molecule has 72 valence electrons. The van der Waals surface area contributed by atoms with E-state index in [1.54, 1.807) is 14.2 Å². The lowest BCUT2D eigenvalue weighted by Crippen LogP contribution is -1.96. The molecular weight excluding hydrogens is 279 g/mol. The van der Waals surface area contributed by atoms with Crippen molar-refractivity contribution in [3.8, 4) is 11.5 Å². The van der Waals surface area contributed by atoms with Crippen molar-refractivity contribution in [3.63, 3.8) is 0 Å². The van der Waals surface area contributed by atoms with Crippen LogP contribution in [0.4, 0.5) is 0 Å². The summed E-state index contributed by atoms with van der Waals surface area (Å²) in [7, 11) is 3.33. The lowest BCUT2D eigenvalue weighted by atomic mass is 10.1. The normalized spacial score (nSPS) is 9.85. The van der Waals surface area contributed by atoms with E-state index in [1.807, 2.05) is 6.07 Å². The van der Waals surface area contributed by atoms with Gasteiger partial charge in [-0.2, -0.15) is 0 Å². The van der Waals surface area contributed by atoms with Crippen molar-refractivity contribution in [3.05, 3.63) is 21.3 Å². The average molecular weight is 292 g/mol. The van der Waals surface area contributed by atoms with Gasteiger partial charge in [-0.1, -0.05) is 6.92 Å². The summed E-state index contributed by atoms with van der Waals surface area (Å²) in [6.07, 6.45) is 0.955. The number of aryl methyl sites for hydroxylation is 1. The third-order valence-corrected chi connectivity index (χ3v) is 2.52. The van der Waals surface area contributed by atoms with E-state index in [0.717, 1.165) is 17.9 Å². The Morgan fingerprint density at radius 1 is 1.23 bits per heavy atom. The summed E-state index contributed by atoms with van der Waals surface area (Å²) >= 11 is 2.28. The Morgan fingerprint density at radius 3 is 2.38 bits per heavy atom. The summed E-state index contributed by atoms with van der Waals surface area (Å²) in [5.41, 5.74) is 1.19. The van der Waals surface area contributed by atoms with Crippen LogP contribution in [0, 0.1) is 3.57 Å². The Balaban J connectivity index is 3.25. The molecule has 0 aliphatic rings. The number of hydrogen-bond donors (Lipinski definition) is 0. The third kappa shape index (κ3) is 2.27. The zero-order chi connectivity index (χ0) is 9.84. The van der Waals surface area contributed by atoms with Crippen LogP contribution < -0.4 is 9.47 Å². The molecule has 0 amide bonds. The summed E-state index contributed by atoms with van der Waals surface area (Å²) in [5.74, 6) is 1.66. The number of benzene rings is 1. The molecule has 2 nitrogen and oxygen atoms in total. The lowest BCUT2D eigenvalue weighted by molar-refractivity contribution is 0.351. The molecule has 0 radical (unpaired) electrons. The summed E-state index contributed by atoms with van der Waals surface area (Å²) in [6.45, 7) is 2.10. The van der Waals surface area contributed by atoms with Crippen molar-refractivity contribution < 1.29 is 9.47 Å². The molecule has 0 saturated carbocycles. The number of ether oxygens (including phenoxy) is 2. The first-order valence-corrected chi connectivity index (χ1v) is 5.21. The van der Waals surface area contributed by atoms with E-state index in [4.69, 9.17) is 9.47 Å². The standard InChI is InChI=1S/C10H13IO2/c1-4-7-5-8(11)6-9(12-2)10(7)13-3/h5-6H,4H2,1-3H3. The van der Waals surface area contributed by atoms with Gasteiger partial charge in [0.05, 0.1) is 14.2 Å². The summed E-state index contributed by atoms with van der Waals surface area (Å²) in [5, 5.41) is 0. The van der Waals surface area contributed by atoms with Crippen molar-refractivity contribution in [2.45, 2.75) is 13.3 Å². The predicted octanol–water partition coefficient (Wildman–Crippen LogP) is 2.87. The van der Waals surface area contributed by atoms with Gasteiger partial charge in [-0.05, 0) is 46.7 Å². The minimum Gasteiger partial charge on any atom is -0.493 e. The fourth-order valence-electron chi connectivity index (χ4n) is 1.27. The first kappa shape index (κ1) is 10.6. The van der Waals surface area contributed by atoms with Gasteiger partial charge in [-0.25, -0.2) is 0 Å². The SMILES string of the molecule is CCc1cc(I)cc(OC)c1OC. The van der Waals surface area contributed by atoms with Gasteiger partial charge in [0.25, 0.3) is 0 Å². The van der Waals surface area contributed by atoms with Crippen LogP contribution in [-0.2, 0) is 6.42 Å². The van der Waals surface area contributed by atoms with Crippen LogP contribution in [0.1, 0.15) is 12.5 Å². The Hall–Kier alpha value is -0.450. The van der Waals surface area contributed by atoms with Gasteiger partial charge in [0.15, 0.2) is 11.5 Å². The average Bonchev–Trinajstić information content (AvgIpc) is 2.16. The predicted molar refractivity (Wildman–Crippen MR) is 61.6 cm³/mol. The van der Waals surface area contributed by atoms with E-state index in [1.165, 1.54) is 9.13 Å². The monoisotopic (exact) mass is 292 g/mol. The van der Waals surface area contributed by atoms with E-state index in [2.05, 4.69) is 35.6 Å². The van der Waals surface area contributed by atoms with Gasteiger partial charge in [0.2, 0.25) is 0 Å². The number of methoxy groups -OCH3 is 2. The quantitative estimate of drug-likeness (QED) is 0.798. The molecule has 0 heterocycles. The van der Waals surface area contributed by atoms with Gasteiger partial charge in [-0.3, -0.25) is 0 Å². The van der Waals surface area contributed by atoms with Gasteiger partial charge >= 0.3 is 0 Å². The highest BCUT2D eigenvalue weighted by Crippen LogP contribution is 2.33.